The van der Waals surface area contributed by atoms with Crippen molar-refractivity contribution < 1.29 is 13.2 Å². The van der Waals surface area contributed by atoms with Crippen LogP contribution >= 0.6 is 31.9 Å². The molecule has 0 atom stereocenters. The lowest BCUT2D eigenvalue weighted by atomic mass is 10.3. The van der Waals surface area contributed by atoms with Crippen molar-refractivity contribution in [1.29, 1.82) is 0 Å². The first-order valence-corrected chi connectivity index (χ1v) is 8.62. The fourth-order valence-electron chi connectivity index (χ4n) is 1.56. The molecule has 0 radical (unpaired) electrons. The second kappa shape index (κ2) is 6.15. The smallest absolute Gasteiger partial charge is 0.261 e. The van der Waals surface area contributed by atoms with Crippen molar-refractivity contribution in [3.63, 3.8) is 0 Å². The molecule has 7 heteroatoms. The Bertz CT molecular complexity index is 732. The normalized spacial score (nSPS) is 11.2. The summed E-state index contributed by atoms with van der Waals surface area (Å²) in [5.74, 6) is 0.574. The predicted molar refractivity (Wildman–Crippen MR) is 85.6 cm³/mol. The number of hydrogen-bond donors (Lipinski definition) is 1. The average Bonchev–Trinajstić information content (AvgIpc) is 2.41. The minimum Gasteiger partial charge on any atom is -0.496 e. The van der Waals surface area contributed by atoms with Gasteiger partial charge in [-0.3, -0.25) is 4.72 Å². The maximum Gasteiger partial charge on any atom is 0.261 e. The van der Waals surface area contributed by atoms with Crippen LogP contribution in [0, 0.1) is 0 Å². The summed E-state index contributed by atoms with van der Waals surface area (Å²) in [6.07, 6.45) is 0. The lowest BCUT2D eigenvalue weighted by Crippen LogP contribution is -2.13. The van der Waals surface area contributed by atoms with Crippen LogP contribution in [-0.4, -0.2) is 15.5 Å². The number of hydrogen-bond acceptors (Lipinski definition) is 3. The predicted octanol–water partition coefficient (Wildman–Crippen LogP) is 4.02. The average molecular weight is 421 g/mol. The van der Waals surface area contributed by atoms with E-state index in [4.69, 9.17) is 4.74 Å². The van der Waals surface area contributed by atoms with Gasteiger partial charge in [0.25, 0.3) is 10.0 Å². The van der Waals surface area contributed by atoms with Crippen molar-refractivity contribution >= 4 is 47.6 Å². The summed E-state index contributed by atoms with van der Waals surface area (Å²) in [5.41, 5.74) is 0.486. The molecule has 0 spiro atoms. The Labute approximate surface area is 134 Å². The van der Waals surface area contributed by atoms with Gasteiger partial charge in [0.15, 0.2) is 0 Å². The highest BCUT2D eigenvalue weighted by Gasteiger charge is 2.17. The molecule has 0 heterocycles. The third kappa shape index (κ3) is 3.34. The zero-order valence-electron chi connectivity index (χ0n) is 10.4. The highest BCUT2D eigenvalue weighted by atomic mass is 79.9. The van der Waals surface area contributed by atoms with Gasteiger partial charge in [-0.05, 0) is 62.2 Å². The van der Waals surface area contributed by atoms with E-state index in [0.717, 1.165) is 0 Å². The highest BCUT2D eigenvalue weighted by molar-refractivity contribution is 9.11. The molecule has 20 heavy (non-hydrogen) atoms. The van der Waals surface area contributed by atoms with Crippen LogP contribution in [0.1, 0.15) is 0 Å². The van der Waals surface area contributed by atoms with Crippen molar-refractivity contribution in [3.8, 4) is 5.75 Å². The number of benzene rings is 2. The molecule has 0 saturated carbocycles. The van der Waals surface area contributed by atoms with E-state index in [9.17, 15) is 8.42 Å². The first-order chi connectivity index (χ1) is 9.44. The molecule has 0 bridgehead atoms. The molecule has 2 rings (SSSR count). The Morgan fingerprint density at radius 3 is 2.35 bits per heavy atom. The number of nitrogens with one attached hydrogen (secondary N) is 1. The molecule has 2 aromatic rings. The topological polar surface area (TPSA) is 55.4 Å². The van der Waals surface area contributed by atoms with Crippen LogP contribution in [0.4, 0.5) is 5.69 Å². The number of sulfonamides is 1. The van der Waals surface area contributed by atoms with Gasteiger partial charge in [-0.15, -0.1) is 0 Å². The van der Waals surface area contributed by atoms with Crippen LogP contribution in [-0.2, 0) is 10.0 Å². The number of rotatable bonds is 4. The summed E-state index contributed by atoms with van der Waals surface area (Å²) in [6.45, 7) is 0. The summed E-state index contributed by atoms with van der Waals surface area (Å²) in [6, 6.07) is 11.6. The second-order valence-electron chi connectivity index (χ2n) is 3.88. The van der Waals surface area contributed by atoms with Crippen LogP contribution < -0.4 is 9.46 Å². The van der Waals surface area contributed by atoms with Gasteiger partial charge in [0.1, 0.15) is 5.75 Å². The molecule has 0 aliphatic heterocycles. The zero-order valence-corrected chi connectivity index (χ0v) is 14.4. The maximum absolute atomic E-state index is 12.3. The lowest BCUT2D eigenvalue weighted by molar-refractivity contribution is 0.411. The standard InChI is InChI=1S/C13H11Br2NO3S/c1-19-13-7-6-9(8-11(13)15)20(17,18)16-12-5-3-2-4-10(12)14/h2-8,16H,1H3. The van der Waals surface area contributed by atoms with Crippen LogP contribution in [0.25, 0.3) is 0 Å². The molecule has 0 fully saturated rings. The van der Waals surface area contributed by atoms with Gasteiger partial charge in [0, 0.05) is 4.47 Å². The summed E-state index contributed by atoms with van der Waals surface area (Å²) in [4.78, 5) is 0.154. The van der Waals surface area contributed by atoms with Gasteiger partial charge in [-0.25, -0.2) is 8.42 Å². The van der Waals surface area contributed by atoms with Crippen LogP contribution in [0.2, 0.25) is 0 Å². The van der Waals surface area contributed by atoms with Gasteiger partial charge < -0.3 is 4.74 Å². The Kier molecular flexibility index (Phi) is 4.72. The molecular weight excluding hydrogens is 410 g/mol. The number of ether oxygens (including phenoxy) is 1. The van der Waals surface area contributed by atoms with E-state index in [-0.39, 0.29) is 4.90 Å². The summed E-state index contributed by atoms with van der Waals surface area (Å²) >= 11 is 6.58. The Hall–Kier alpha value is -1.05. The molecule has 4 nitrogen and oxygen atoms in total. The maximum atomic E-state index is 12.3. The molecule has 106 valence electrons. The van der Waals surface area contributed by atoms with E-state index in [0.29, 0.717) is 20.4 Å². The fourth-order valence-corrected chi connectivity index (χ4v) is 3.87. The van der Waals surface area contributed by atoms with Crippen molar-refractivity contribution in [1.82, 2.24) is 0 Å². The minimum absolute atomic E-state index is 0.154. The zero-order chi connectivity index (χ0) is 14.8. The van der Waals surface area contributed by atoms with Crippen molar-refractivity contribution in [3.05, 3.63) is 51.4 Å². The number of anilines is 1. The quantitative estimate of drug-likeness (QED) is 0.812. The van der Waals surface area contributed by atoms with E-state index in [1.165, 1.54) is 19.2 Å². The van der Waals surface area contributed by atoms with Crippen molar-refractivity contribution in [2.45, 2.75) is 4.90 Å². The van der Waals surface area contributed by atoms with Crippen LogP contribution in [0.5, 0.6) is 5.75 Å². The first kappa shape index (κ1) is 15.3. The molecule has 1 N–H and O–H groups in total. The minimum atomic E-state index is -3.65. The number of methoxy groups -OCH3 is 1. The van der Waals surface area contributed by atoms with Gasteiger partial charge in [-0.2, -0.15) is 0 Å². The molecule has 0 unspecified atom stereocenters. The van der Waals surface area contributed by atoms with E-state index in [1.807, 2.05) is 6.07 Å². The second-order valence-corrected chi connectivity index (χ2v) is 7.27. The Balaban J connectivity index is 2.36. The van der Waals surface area contributed by atoms with Gasteiger partial charge in [0.05, 0.1) is 22.2 Å². The summed E-state index contributed by atoms with van der Waals surface area (Å²) in [5, 5.41) is 0. The monoisotopic (exact) mass is 419 g/mol. The van der Waals surface area contributed by atoms with E-state index in [1.54, 1.807) is 24.3 Å². The van der Waals surface area contributed by atoms with E-state index in [2.05, 4.69) is 36.6 Å². The molecule has 0 aliphatic carbocycles. The number of halogens is 2. The van der Waals surface area contributed by atoms with Gasteiger partial charge >= 0.3 is 0 Å². The Morgan fingerprint density at radius 2 is 1.75 bits per heavy atom. The number of para-hydroxylation sites is 1. The summed E-state index contributed by atoms with van der Waals surface area (Å²) in [7, 11) is -2.13. The third-order valence-electron chi connectivity index (χ3n) is 2.55. The van der Waals surface area contributed by atoms with Gasteiger partial charge in [-0.1, -0.05) is 12.1 Å². The first-order valence-electron chi connectivity index (χ1n) is 5.55. The van der Waals surface area contributed by atoms with Crippen LogP contribution in [0.15, 0.2) is 56.3 Å². The lowest BCUT2D eigenvalue weighted by Gasteiger charge is -2.11. The van der Waals surface area contributed by atoms with Crippen molar-refractivity contribution in [2.75, 3.05) is 11.8 Å². The summed E-state index contributed by atoms with van der Waals surface area (Å²) < 4.78 is 33.5. The molecule has 0 aromatic heterocycles. The molecule has 0 saturated heterocycles. The molecule has 2 aromatic carbocycles. The molecule has 0 aliphatic rings. The third-order valence-corrected chi connectivity index (χ3v) is 5.23. The van der Waals surface area contributed by atoms with Gasteiger partial charge in [0.2, 0.25) is 0 Å². The van der Waals surface area contributed by atoms with Crippen LogP contribution in [0.3, 0.4) is 0 Å². The molecular formula is C13H11Br2NO3S. The largest absolute Gasteiger partial charge is 0.496 e. The van der Waals surface area contributed by atoms with E-state index >= 15 is 0 Å². The van der Waals surface area contributed by atoms with E-state index < -0.39 is 10.0 Å². The highest BCUT2D eigenvalue weighted by Crippen LogP contribution is 2.29. The van der Waals surface area contributed by atoms with Crippen molar-refractivity contribution in [2.24, 2.45) is 0 Å². The SMILES string of the molecule is COc1ccc(S(=O)(=O)Nc2ccccc2Br)cc1Br. The fraction of sp³-hybridized carbons (Fsp3) is 0.0769. The Morgan fingerprint density at radius 1 is 1.05 bits per heavy atom. The molecule has 0 amide bonds.